The van der Waals surface area contributed by atoms with E-state index in [1.165, 1.54) is 12.1 Å². The number of fused-ring (bicyclic) bond motifs is 1. The number of carbonyl (C=O) groups is 2. The van der Waals surface area contributed by atoms with Crippen LogP contribution in [0.15, 0.2) is 48.5 Å². The molecule has 3 aromatic carbocycles. The fourth-order valence-electron chi connectivity index (χ4n) is 5.08. The first-order valence-corrected chi connectivity index (χ1v) is 14.2. The molecule has 0 fully saturated rings. The van der Waals surface area contributed by atoms with E-state index in [4.69, 9.17) is 19.9 Å². The molecule has 8 nitrogen and oxygen atoms in total. The first-order chi connectivity index (χ1) is 19.8. The number of likely N-dealkylation sites (N-methyl/N-ethyl adjacent to an activating group) is 1. The van der Waals surface area contributed by atoms with Gasteiger partial charge in [0.05, 0.1) is 11.4 Å². The van der Waals surface area contributed by atoms with Gasteiger partial charge in [0.2, 0.25) is 0 Å². The molecule has 4 rings (SSSR count). The molecule has 0 radical (unpaired) electrons. The lowest BCUT2D eigenvalue weighted by Gasteiger charge is -2.39. The molecule has 0 aliphatic carbocycles. The highest BCUT2D eigenvalue weighted by atomic mass is 19.1. The number of amides is 1. The number of nitrogens with two attached hydrogens (primary N) is 1. The number of hydrogen-bond donors (Lipinski definition) is 2. The van der Waals surface area contributed by atoms with Gasteiger partial charge in [0.15, 0.2) is 0 Å². The third kappa shape index (κ3) is 6.51. The van der Waals surface area contributed by atoms with Crippen LogP contribution in [-0.2, 0) is 27.4 Å². The maximum absolute atomic E-state index is 14.1. The summed E-state index contributed by atoms with van der Waals surface area (Å²) in [4.78, 5) is 26.8. The van der Waals surface area contributed by atoms with Crippen LogP contribution in [0.1, 0.15) is 51.3 Å². The van der Waals surface area contributed by atoms with E-state index >= 15 is 0 Å². The van der Waals surface area contributed by atoms with Crippen molar-refractivity contribution in [3.05, 3.63) is 71.0 Å². The molecule has 0 saturated carbocycles. The lowest BCUT2D eigenvalue weighted by atomic mass is 9.90. The van der Waals surface area contributed by atoms with E-state index < -0.39 is 23.7 Å². The zero-order valence-corrected chi connectivity index (χ0v) is 25.3. The summed E-state index contributed by atoms with van der Waals surface area (Å²) < 4.78 is 31.5. The number of rotatable bonds is 10. The van der Waals surface area contributed by atoms with Gasteiger partial charge in [-0.1, -0.05) is 25.1 Å². The Morgan fingerprint density at radius 3 is 2.48 bits per heavy atom. The highest BCUT2D eigenvalue weighted by Gasteiger charge is 2.38. The average Bonchev–Trinajstić information content (AvgIpc) is 2.94. The summed E-state index contributed by atoms with van der Waals surface area (Å²) >= 11 is 0. The number of benzene rings is 3. The predicted octanol–water partition coefficient (Wildman–Crippen LogP) is 5.77. The van der Waals surface area contributed by atoms with E-state index in [1.807, 2.05) is 51.1 Å². The SMILES string of the molecule is CCc1cc(OCC(C)OC(=O)[C@H](C)N)ccc1-c1ccc2c(c1COc1cc(F)ccc1C)N(C)C(=O)C(C)(C)N2. The molecule has 1 aliphatic rings. The molecule has 1 unspecified atom stereocenters. The van der Waals surface area contributed by atoms with Crippen LogP contribution in [0.25, 0.3) is 11.1 Å². The number of nitrogens with zero attached hydrogens (tertiary/aromatic N) is 1. The molecule has 1 amide bonds. The fourth-order valence-corrected chi connectivity index (χ4v) is 5.08. The summed E-state index contributed by atoms with van der Waals surface area (Å²) in [7, 11) is 1.77. The van der Waals surface area contributed by atoms with Crippen LogP contribution in [0.3, 0.4) is 0 Å². The number of halogens is 1. The summed E-state index contributed by atoms with van der Waals surface area (Å²) in [6, 6.07) is 13.6. The maximum atomic E-state index is 14.1. The highest BCUT2D eigenvalue weighted by molar-refractivity contribution is 6.08. The topological polar surface area (TPSA) is 103 Å². The number of esters is 1. The molecule has 2 atom stereocenters. The molecule has 9 heteroatoms. The third-order valence-corrected chi connectivity index (χ3v) is 7.35. The van der Waals surface area contributed by atoms with Gasteiger partial charge in [-0.3, -0.25) is 9.59 Å². The van der Waals surface area contributed by atoms with Crippen LogP contribution in [0.4, 0.5) is 15.8 Å². The van der Waals surface area contributed by atoms with Crippen molar-refractivity contribution in [2.24, 2.45) is 5.73 Å². The van der Waals surface area contributed by atoms with Crippen LogP contribution in [-0.4, -0.2) is 43.2 Å². The van der Waals surface area contributed by atoms with Crippen molar-refractivity contribution in [2.75, 3.05) is 23.9 Å². The van der Waals surface area contributed by atoms with Crippen molar-refractivity contribution >= 4 is 23.3 Å². The van der Waals surface area contributed by atoms with Crippen LogP contribution in [0, 0.1) is 12.7 Å². The molecule has 1 heterocycles. The number of hydrogen-bond acceptors (Lipinski definition) is 7. The first kappa shape index (κ1) is 30.8. The molecule has 3 N–H and O–H groups in total. The molecule has 3 aromatic rings. The molecule has 0 bridgehead atoms. The second-order valence-electron chi connectivity index (χ2n) is 11.3. The van der Waals surface area contributed by atoms with Crippen LogP contribution >= 0.6 is 0 Å². The molecular weight excluding hydrogens is 537 g/mol. The van der Waals surface area contributed by atoms with Gasteiger partial charge in [-0.05, 0) is 87.6 Å². The summed E-state index contributed by atoms with van der Waals surface area (Å²) in [6.07, 6.45) is 0.246. The smallest absolute Gasteiger partial charge is 0.323 e. The van der Waals surface area contributed by atoms with Gasteiger partial charge < -0.3 is 30.2 Å². The Bertz CT molecular complexity index is 1490. The monoisotopic (exact) mass is 577 g/mol. The van der Waals surface area contributed by atoms with Crippen molar-refractivity contribution in [2.45, 2.75) is 72.3 Å². The van der Waals surface area contributed by atoms with Crippen molar-refractivity contribution in [1.29, 1.82) is 0 Å². The molecule has 1 aliphatic heterocycles. The lowest BCUT2D eigenvalue weighted by molar-refractivity contribution is -0.150. The van der Waals surface area contributed by atoms with E-state index in [2.05, 4.69) is 12.2 Å². The Morgan fingerprint density at radius 1 is 1.07 bits per heavy atom. The van der Waals surface area contributed by atoms with Gasteiger partial charge >= 0.3 is 5.97 Å². The zero-order chi connectivity index (χ0) is 30.8. The summed E-state index contributed by atoms with van der Waals surface area (Å²) in [5.74, 6) is 0.143. The standard InChI is InChI=1S/C33H40FN3O5/c1-8-22-15-24(40-17-20(3)42-31(38)21(4)35)11-12-25(22)26-13-14-28-30(37(7)32(39)33(5,6)36-28)27(26)18-41-29-16-23(34)10-9-19(29)2/h9-16,20-21,36H,8,17-18,35H2,1-7H3/t20?,21-/m0/s1. The van der Waals surface area contributed by atoms with Crippen LogP contribution in [0.2, 0.25) is 0 Å². The number of aryl methyl sites for hydroxylation is 2. The fraction of sp³-hybridized carbons (Fsp3) is 0.394. The number of carbonyl (C=O) groups excluding carboxylic acids is 2. The number of anilines is 2. The van der Waals surface area contributed by atoms with E-state index in [0.717, 1.165) is 39.2 Å². The Morgan fingerprint density at radius 2 is 1.79 bits per heavy atom. The quantitative estimate of drug-likeness (QED) is 0.295. The van der Waals surface area contributed by atoms with Crippen LogP contribution < -0.4 is 25.4 Å². The molecule has 0 spiro atoms. The highest BCUT2D eigenvalue weighted by Crippen LogP contribution is 2.43. The summed E-state index contributed by atoms with van der Waals surface area (Å²) in [6.45, 7) is 11.2. The van der Waals surface area contributed by atoms with Gasteiger partial charge in [-0.15, -0.1) is 0 Å². The lowest BCUT2D eigenvalue weighted by Crippen LogP contribution is -2.52. The molecular formula is C33H40FN3O5. The molecule has 0 aromatic heterocycles. The molecule has 42 heavy (non-hydrogen) atoms. The zero-order valence-electron chi connectivity index (χ0n) is 25.3. The minimum absolute atomic E-state index is 0.0753. The van der Waals surface area contributed by atoms with Gasteiger partial charge in [0, 0.05) is 18.7 Å². The number of ether oxygens (including phenoxy) is 3. The predicted molar refractivity (Wildman–Crippen MR) is 163 cm³/mol. The van der Waals surface area contributed by atoms with E-state index in [9.17, 15) is 14.0 Å². The van der Waals surface area contributed by atoms with Crippen molar-refractivity contribution in [3.63, 3.8) is 0 Å². The Balaban J connectivity index is 1.72. The minimum Gasteiger partial charge on any atom is -0.490 e. The molecule has 0 saturated heterocycles. The Kier molecular flexibility index (Phi) is 9.11. The summed E-state index contributed by atoms with van der Waals surface area (Å²) in [5.41, 5.74) is 10.8. The normalized spacial score (nSPS) is 15.4. The Labute approximate surface area is 246 Å². The van der Waals surface area contributed by atoms with Crippen molar-refractivity contribution < 1.29 is 28.2 Å². The third-order valence-electron chi connectivity index (χ3n) is 7.35. The van der Waals surface area contributed by atoms with E-state index in [-0.39, 0.29) is 24.9 Å². The second kappa shape index (κ2) is 12.4. The average molecular weight is 578 g/mol. The van der Waals surface area contributed by atoms with E-state index in [1.54, 1.807) is 31.9 Å². The summed E-state index contributed by atoms with van der Waals surface area (Å²) in [5, 5.41) is 3.37. The largest absolute Gasteiger partial charge is 0.490 e. The van der Waals surface area contributed by atoms with Gasteiger partial charge in [-0.2, -0.15) is 0 Å². The van der Waals surface area contributed by atoms with Gasteiger partial charge in [0.25, 0.3) is 5.91 Å². The molecule has 224 valence electrons. The number of nitrogens with one attached hydrogen (secondary N) is 1. The Hall–Kier alpha value is -4.11. The van der Waals surface area contributed by atoms with Crippen molar-refractivity contribution in [3.8, 4) is 22.6 Å². The van der Waals surface area contributed by atoms with Gasteiger partial charge in [-0.25, -0.2) is 4.39 Å². The first-order valence-electron chi connectivity index (χ1n) is 14.2. The van der Waals surface area contributed by atoms with Crippen LogP contribution in [0.5, 0.6) is 11.5 Å². The minimum atomic E-state index is -0.776. The van der Waals surface area contributed by atoms with Crippen molar-refractivity contribution in [1.82, 2.24) is 0 Å². The maximum Gasteiger partial charge on any atom is 0.323 e. The van der Waals surface area contributed by atoms with Gasteiger partial charge in [0.1, 0.15) is 48.2 Å². The van der Waals surface area contributed by atoms with E-state index in [0.29, 0.717) is 17.9 Å². The second-order valence-corrected chi connectivity index (χ2v) is 11.3.